The van der Waals surface area contributed by atoms with Crippen molar-refractivity contribution in [2.75, 3.05) is 11.9 Å². The summed E-state index contributed by atoms with van der Waals surface area (Å²) in [7, 11) is 0. The second-order valence-electron chi connectivity index (χ2n) is 5.92. The lowest BCUT2D eigenvalue weighted by Gasteiger charge is -2.23. The molecule has 0 aliphatic rings. The molecule has 2 aromatic rings. The number of benzene rings is 1. The number of carbonyl (C=O) groups excluding carboxylic acids is 1. The Morgan fingerprint density at radius 1 is 1.20 bits per heavy atom. The smallest absolute Gasteiger partial charge is 0.331 e. The van der Waals surface area contributed by atoms with Crippen LogP contribution >= 0.6 is 0 Å². The van der Waals surface area contributed by atoms with E-state index in [0.717, 1.165) is 18.4 Å². The van der Waals surface area contributed by atoms with Crippen molar-refractivity contribution in [3.05, 3.63) is 42.2 Å². The first-order valence-corrected chi connectivity index (χ1v) is 8.21. The average molecular weight is 345 g/mol. The van der Waals surface area contributed by atoms with E-state index in [-0.39, 0.29) is 12.8 Å². The van der Waals surface area contributed by atoms with Gasteiger partial charge in [-0.05, 0) is 18.4 Å². The number of nitrogens with two attached hydrogens (primary N) is 1. The zero-order valence-corrected chi connectivity index (χ0v) is 13.9. The molecule has 0 saturated heterocycles. The van der Waals surface area contributed by atoms with Crippen LogP contribution < -0.4 is 11.1 Å². The first-order chi connectivity index (χ1) is 12.0. The van der Waals surface area contributed by atoms with Gasteiger partial charge in [0.2, 0.25) is 5.95 Å². The fourth-order valence-corrected chi connectivity index (χ4v) is 2.52. The van der Waals surface area contributed by atoms with E-state index in [0.29, 0.717) is 18.9 Å². The Labute approximate surface area is 145 Å². The fourth-order valence-electron chi connectivity index (χ4n) is 2.52. The molecule has 1 atom stereocenters. The van der Waals surface area contributed by atoms with Gasteiger partial charge in [0, 0.05) is 19.4 Å². The van der Waals surface area contributed by atoms with Crippen molar-refractivity contribution in [1.29, 1.82) is 0 Å². The Kier molecular flexibility index (Phi) is 6.64. The average Bonchev–Trinajstić information content (AvgIpc) is 3.11. The number of anilines is 1. The van der Waals surface area contributed by atoms with Crippen LogP contribution in [0.25, 0.3) is 0 Å². The van der Waals surface area contributed by atoms with E-state index in [1.807, 2.05) is 6.07 Å². The highest BCUT2D eigenvalue weighted by atomic mass is 16.4. The van der Waals surface area contributed by atoms with Crippen molar-refractivity contribution in [3.8, 4) is 0 Å². The topological polar surface area (TPSA) is 134 Å². The van der Waals surface area contributed by atoms with E-state index < -0.39 is 17.3 Å². The van der Waals surface area contributed by atoms with E-state index >= 15 is 0 Å². The second kappa shape index (κ2) is 8.93. The molecule has 0 aliphatic heterocycles. The molecule has 0 saturated carbocycles. The van der Waals surface area contributed by atoms with Gasteiger partial charge in [0.15, 0.2) is 11.3 Å². The third-order valence-corrected chi connectivity index (χ3v) is 3.98. The number of nitrogens with zero attached hydrogens (tertiary/aromatic N) is 2. The molecule has 0 radical (unpaired) electrons. The van der Waals surface area contributed by atoms with Gasteiger partial charge in [-0.1, -0.05) is 36.8 Å². The predicted molar refractivity (Wildman–Crippen MR) is 93.0 cm³/mol. The third kappa shape index (κ3) is 5.39. The van der Waals surface area contributed by atoms with Gasteiger partial charge in [-0.3, -0.25) is 9.89 Å². The van der Waals surface area contributed by atoms with Crippen LogP contribution in [0.4, 0.5) is 5.95 Å². The Morgan fingerprint density at radius 2 is 1.96 bits per heavy atom. The van der Waals surface area contributed by atoms with Gasteiger partial charge in [-0.25, -0.2) is 9.78 Å². The Hall–Kier alpha value is -2.74. The van der Waals surface area contributed by atoms with E-state index in [4.69, 9.17) is 5.73 Å². The van der Waals surface area contributed by atoms with Crippen LogP contribution in [-0.2, 0) is 16.0 Å². The highest BCUT2D eigenvalue weighted by molar-refractivity contribution is 6.07. The van der Waals surface area contributed by atoms with Crippen molar-refractivity contribution < 1.29 is 14.7 Å². The zero-order valence-electron chi connectivity index (χ0n) is 13.9. The van der Waals surface area contributed by atoms with Crippen molar-refractivity contribution in [1.82, 2.24) is 15.2 Å². The minimum atomic E-state index is -1.88. The summed E-state index contributed by atoms with van der Waals surface area (Å²) in [6, 6.07) is 8.96. The standard InChI is InChI=1S/C17H23N5O3/c18-17(15(24)25,11-13-7-3-1-4-8-13)14(23)9-5-2-6-10-19-16-20-12-21-22-16/h1,3-4,7-8,12H,2,5-6,9-11,18H2,(H,24,25)(H2,19,20,21,22)/t17-/m1/s1. The number of Topliss-reactive ketones (excluding diaryl/α,β-unsaturated/α-hetero) is 1. The molecule has 1 aromatic heterocycles. The van der Waals surface area contributed by atoms with E-state index in [1.54, 1.807) is 24.3 Å². The molecule has 0 amide bonds. The summed E-state index contributed by atoms with van der Waals surface area (Å²) < 4.78 is 0. The molecule has 0 fully saturated rings. The first kappa shape index (κ1) is 18.6. The number of H-pyrrole nitrogens is 1. The van der Waals surface area contributed by atoms with Crippen LogP contribution in [0.15, 0.2) is 36.7 Å². The minimum Gasteiger partial charge on any atom is -0.480 e. The van der Waals surface area contributed by atoms with Crippen LogP contribution in [0.1, 0.15) is 31.2 Å². The summed E-state index contributed by atoms with van der Waals surface area (Å²) in [6.07, 6.45) is 3.83. The molecular formula is C17H23N5O3. The molecule has 25 heavy (non-hydrogen) atoms. The maximum Gasteiger partial charge on any atom is 0.331 e. The Morgan fingerprint density at radius 3 is 2.60 bits per heavy atom. The summed E-state index contributed by atoms with van der Waals surface area (Å²) in [6.45, 7) is 0.683. The van der Waals surface area contributed by atoms with Gasteiger partial charge in [0.25, 0.3) is 0 Å². The number of carbonyl (C=O) groups is 2. The third-order valence-electron chi connectivity index (χ3n) is 3.98. The van der Waals surface area contributed by atoms with Gasteiger partial charge in [0.05, 0.1) is 0 Å². The predicted octanol–water partition coefficient (Wildman–Crippen LogP) is 1.37. The fraction of sp³-hybridized carbons (Fsp3) is 0.412. The van der Waals surface area contributed by atoms with Crippen LogP contribution in [0, 0.1) is 0 Å². The highest BCUT2D eigenvalue weighted by Crippen LogP contribution is 2.16. The van der Waals surface area contributed by atoms with Crippen molar-refractivity contribution in [2.45, 2.75) is 37.6 Å². The number of unbranched alkanes of at least 4 members (excludes halogenated alkanes) is 2. The van der Waals surface area contributed by atoms with E-state index in [2.05, 4.69) is 20.5 Å². The molecule has 134 valence electrons. The highest BCUT2D eigenvalue weighted by Gasteiger charge is 2.41. The summed E-state index contributed by atoms with van der Waals surface area (Å²) in [4.78, 5) is 27.9. The molecule has 0 aliphatic carbocycles. The Bertz CT molecular complexity index is 675. The number of aliphatic carboxylic acids is 1. The number of ketones is 1. The molecular weight excluding hydrogens is 322 g/mol. The van der Waals surface area contributed by atoms with Crippen LogP contribution in [0.2, 0.25) is 0 Å². The van der Waals surface area contributed by atoms with E-state index in [9.17, 15) is 14.7 Å². The van der Waals surface area contributed by atoms with E-state index in [1.165, 1.54) is 6.33 Å². The molecule has 1 aromatic carbocycles. The number of rotatable bonds is 11. The summed E-state index contributed by atoms with van der Waals surface area (Å²) in [5.74, 6) is -1.19. The molecule has 1 heterocycles. The number of carboxylic acid groups (broad SMARTS) is 1. The summed E-state index contributed by atoms with van der Waals surface area (Å²) in [5, 5.41) is 19.0. The number of carboxylic acids is 1. The molecule has 0 spiro atoms. The number of hydrogen-bond donors (Lipinski definition) is 4. The lowest BCUT2D eigenvalue weighted by molar-refractivity contribution is -0.148. The Balaban J connectivity index is 1.76. The van der Waals surface area contributed by atoms with Gasteiger partial charge in [0.1, 0.15) is 6.33 Å². The molecule has 8 heteroatoms. The maximum absolute atomic E-state index is 12.4. The SMILES string of the molecule is N[C@@](Cc1ccccc1)(C(=O)O)C(=O)CCCCCNc1nc[nH]n1. The monoisotopic (exact) mass is 345 g/mol. The number of hydrogen-bond acceptors (Lipinski definition) is 6. The molecule has 0 bridgehead atoms. The lowest BCUT2D eigenvalue weighted by Crippen LogP contribution is -2.56. The first-order valence-electron chi connectivity index (χ1n) is 8.21. The van der Waals surface area contributed by atoms with Gasteiger partial charge in [-0.2, -0.15) is 0 Å². The summed E-state index contributed by atoms with van der Waals surface area (Å²) in [5.41, 5.74) is 4.80. The summed E-state index contributed by atoms with van der Waals surface area (Å²) >= 11 is 0. The molecule has 8 nitrogen and oxygen atoms in total. The van der Waals surface area contributed by atoms with Gasteiger partial charge in [-0.15, -0.1) is 5.10 Å². The van der Waals surface area contributed by atoms with Crippen molar-refractivity contribution in [3.63, 3.8) is 0 Å². The number of aromatic amines is 1. The van der Waals surface area contributed by atoms with Crippen molar-refractivity contribution >= 4 is 17.7 Å². The van der Waals surface area contributed by atoms with Gasteiger partial charge >= 0.3 is 5.97 Å². The van der Waals surface area contributed by atoms with Crippen molar-refractivity contribution in [2.24, 2.45) is 5.73 Å². The minimum absolute atomic E-state index is 0.00556. The van der Waals surface area contributed by atoms with Crippen LogP contribution in [0.3, 0.4) is 0 Å². The van der Waals surface area contributed by atoms with Crippen LogP contribution in [-0.4, -0.2) is 44.1 Å². The lowest BCUT2D eigenvalue weighted by atomic mass is 9.85. The maximum atomic E-state index is 12.4. The molecule has 0 unspecified atom stereocenters. The largest absolute Gasteiger partial charge is 0.480 e. The molecule has 5 N–H and O–H groups in total. The number of aromatic nitrogens is 3. The van der Waals surface area contributed by atoms with Gasteiger partial charge < -0.3 is 16.2 Å². The van der Waals surface area contributed by atoms with Crippen LogP contribution in [0.5, 0.6) is 0 Å². The molecule has 2 rings (SSSR count). The quantitative estimate of drug-likeness (QED) is 0.357. The number of nitrogens with one attached hydrogen (secondary N) is 2. The normalized spacial score (nSPS) is 13.2. The second-order valence-corrected chi connectivity index (χ2v) is 5.92. The zero-order chi connectivity index (χ0) is 18.1.